The molecule has 0 spiro atoms. The lowest BCUT2D eigenvalue weighted by Gasteiger charge is -2.17. The van der Waals surface area contributed by atoms with E-state index in [9.17, 15) is 0 Å². The molecule has 0 aromatic heterocycles. The molecule has 2 aromatic carbocycles. The number of hydrogen-bond donors (Lipinski definition) is 0. The molecule has 0 fully saturated rings. The fourth-order valence-electron chi connectivity index (χ4n) is 2.22. The number of benzene rings is 2. The predicted octanol–water partition coefficient (Wildman–Crippen LogP) is 5.06. The van der Waals surface area contributed by atoms with Crippen molar-refractivity contribution in [1.82, 2.24) is 0 Å². The summed E-state index contributed by atoms with van der Waals surface area (Å²) in [6.07, 6.45) is 2.06. The summed E-state index contributed by atoms with van der Waals surface area (Å²) in [6, 6.07) is 12.2. The highest BCUT2D eigenvalue weighted by molar-refractivity contribution is 7.98. The molecule has 0 saturated carbocycles. The number of ether oxygens (including phenoxy) is 2. The molecule has 0 aliphatic rings. The number of aryl methyl sites for hydroxylation is 1. The molecule has 4 heteroatoms. The first kappa shape index (κ1) is 16.1. The number of hydrogen-bond acceptors (Lipinski definition) is 3. The van der Waals surface area contributed by atoms with Crippen LogP contribution in [0.4, 0.5) is 0 Å². The van der Waals surface area contributed by atoms with Crippen molar-refractivity contribution in [3.63, 3.8) is 0 Å². The van der Waals surface area contributed by atoms with Gasteiger partial charge < -0.3 is 9.47 Å². The zero-order valence-corrected chi connectivity index (χ0v) is 14.2. The number of methoxy groups -OCH3 is 2. The van der Waals surface area contributed by atoms with Crippen LogP contribution in [0, 0.1) is 6.92 Å². The molecule has 1 unspecified atom stereocenters. The third kappa shape index (κ3) is 3.47. The molecule has 0 radical (unpaired) electrons. The van der Waals surface area contributed by atoms with Crippen LogP contribution in [0.25, 0.3) is 0 Å². The largest absolute Gasteiger partial charge is 0.493 e. The van der Waals surface area contributed by atoms with Gasteiger partial charge in [0.1, 0.15) is 0 Å². The quantitative estimate of drug-likeness (QED) is 0.566. The third-order valence-electron chi connectivity index (χ3n) is 3.45. The van der Waals surface area contributed by atoms with Crippen LogP contribution in [-0.4, -0.2) is 20.5 Å². The molecule has 0 bridgehead atoms. The van der Waals surface area contributed by atoms with Gasteiger partial charge in [-0.15, -0.1) is 23.4 Å². The van der Waals surface area contributed by atoms with Gasteiger partial charge in [-0.1, -0.05) is 12.1 Å². The smallest absolute Gasteiger partial charge is 0.161 e. The van der Waals surface area contributed by atoms with E-state index in [1.807, 2.05) is 19.1 Å². The van der Waals surface area contributed by atoms with E-state index in [1.165, 1.54) is 4.90 Å². The highest BCUT2D eigenvalue weighted by Crippen LogP contribution is 2.38. The zero-order valence-electron chi connectivity index (χ0n) is 12.6. The van der Waals surface area contributed by atoms with E-state index in [2.05, 4.69) is 30.5 Å². The maximum absolute atomic E-state index is 6.65. The molecule has 0 amide bonds. The summed E-state index contributed by atoms with van der Waals surface area (Å²) in [4.78, 5) is 1.23. The molecule has 0 aliphatic heterocycles. The molecule has 0 N–H and O–H groups in total. The van der Waals surface area contributed by atoms with Gasteiger partial charge >= 0.3 is 0 Å². The lowest BCUT2D eigenvalue weighted by atomic mass is 9.99. The first-order valence-electron chi connectivity index (χ1n) is 6.61. The van der Waals surface area contributed by atoms with Gasteiger partial charge in [0.2, 0.25) is 0 Å². The van der Waals surface area contributed by atoms with E-state index in [0.717, 1.165) is 22.4 Å². The normalized spacial score (nSPS) is 12.0. The van der Waals surface area contributed by atoms with Gasteiger partial charge in [0.25, 0.3) is 0 Å². The summed E-state index contributed by atoms with van der Waals surface area (Å²) >= 11 is 8.37. The Labute approximate surface area is 135 Å². The van der Waals surface area contributed by atoms with Gasteiger partial charge in [0.15, 0.2) is 11.5 Å². The minimum Gasteiger partial charge on any atom is -0.493 e. The Hall–Kier alpha value is -1.32. The number of rotatable bonds is 5. The van der Waals surface area contributed by atoms with Crippen molar-refractivity contribution in [1.29, 1.82) is 0 Å². The molecule has 0 aliphatic carbocycles. The van der Waals surface area contributed by atoms with Crippen molar-refractivity contribution in [3.8, 4) is 11.5 Å². The van der Waals surface area contributed by atoms with Crippen molar-refractivity contribution in [3.05, 3.63) is 53.1 Å². The molecular formula is C17H19ClO2S. The van der Waals surface area contributed by atoms with E-state index in [-0.39, 0.29) is 5.38 Å². The van der Waals surface area contributed by atoms with E-state index < -0.39 is 0 Å². The highest BCUT2D eigenvalue weighted by Gasteiger charge is 2.17. The summed E-state index contributed by atoms with van der Waals surface area (Å²) in [7, 11) is 3.27. The second kappa shape index (κ2) is 7.10. The summed E-state index contributed by atoms with van der Waals surface area (Å²) in [5, 5.41) is -0.208. The van der Waals surface area contributed by atoms with Crippen LogP contribution in [0.15, 0.2) is 41.3 Å². The maximum atomic E-state index is 6.65. The van der Waals surface area contributed by atoms with Crippen molar-refractivity contribution in [2.24, 2.45) is 0 Å². The summed E-state index contributed by atoms with van der Waals surface area (Å²) in [5.41, 5.74) is 3.19. The van der Waals surface area contributed by atoms with E-state index >= 15 is 0 Å². The number of halogens is 1. The van der Waals surface area contributed by atoms with Crippen molar-refractivity contribution >= 4 is 23.4 Å². The summed E-state index contributed by atoms with van der Waals surface area (Å²) < 4.78 is 10.7. The molecule has 2 rings (SSSR count). The SMILES string of the molecule is COc1cc(C)c(C(Cl)c2ccc(SC)cc2)cc1OC. The summed E-state index contributed by atoms with van der Waals surface area (Å²) in [5.74, 6) is 1.42. The van der Waals surface area contributed by atoms with Gasteiger partial charge in [-0.25, -0.2) is 0 Å². The zero-order chi connectivity index (χ0) is 15.4. The van der Waals surface area contributed by atoms with Crippen LogP contribution < -0.4 is 9.47 Å². The molecule has 1 atom stereocenters. The highest BCUT2D eigenvalue weighted by atomic mass is 35.5. The Morgan fingerprint density at radius 2 is 1.57 bits per heavy atom. The Balaban J connectivity index is 2.39. The second-order valence-electron chi connectivity index (χ2n) is 4.70. The summed E-state index contributed by atoms with van der Waals surface area (Å²) in [6.45, 7) is 2.03. The second-order valence-corrected chi connectivity index (χ2v) is 6.02. The van der Waals surface area contributed by atoms with Crippen LogP contribution >= 0.6 is 23.4 Å². The van der Waals surface area contributed by atoms with Gasteiger partial charge in [0, 0.05) is 4.90 Å². The van der Waals surface area contributed by atoms with E-state index in [4.69, 9.17) is 21.1 Å². The molecule has 0 saturated heterocycles. The van der Waals surface area contributed by atoms with Gasteiger partial charge in [-0.2, -0.15) is 0 Å². The standard InChI is InChI=1S/C17H19ClO2S/c1-11-9-15(19-2)16(20-3)10-14(11)17(18)12-5-7-13(21-4)8-6-12/h5-10,17H,1-4H3. The fourth-order valence-corrected chi connectivity index (χ4v) is 3.01. The Bertz CT molecular complexity index is 611. The van der Waals surface area contributed by atoms with Crippen LogP contribution in [0.5, 0.6) is 11.5 Å². The number of thioether (sulfide) groups is 1. The van der Waals surface area contributed by atoms with Gasteiger partial charge in [-0.3, -0.25) is 0 Å². The third-order valence-corrected chi connectivity index (χ3v) is 4.68. The fraction of sp³-hybridized carbons (Fsp3) is 0.294. The van der Waals surface area contributed by atoms with Crippen LogP contribution in [0.3, 0.4) is 0 Å². The van der Waals surface area contributed by atoms with Crippen LogP contribution in [-0.2, 0) is 0 Å². The minimum absolute atomic E-state index is 0.208. The maximum Gasteiger partial charge on any atom is 0.161 e. The van der Waals surface area contributed by atoms with Gasteiger partial charge in [-0.05, 0) is 54.1 Å². The lowest BCUT2D eigenvalue weighted by Crippen LogP contribution is -1.99. The Kier molecular flexibility index (Phi) is 5.43. The molecule has 2 aromatic rings. The molecule has 2 nitrogen and oxygen atoms in total. The Morgan fingerprint density at radius 1 is 1.00 bits per heavy atom. The monoisotopic (exact) mass is 322 g/mol. The first-order chi connectivity index (χ1) is 10.1. The average molecular weight is 323 g/mol. The minimum atomic E-state index is -0.208. The average Bonchev–Trinajstić information content (AvgIpc) is 2.54. The van der Waals surface area contributed by atoms with Crippen molar-refractivity contribution < 1.29 is 9.47 Å². The predicted molar refractivity (Wildman–Crippen MR) is 90.2 cm³/mol. The topological polar surface area (TPSA) is 18.5 Å². The number of alkyl halides is 1. The molecule has 0 heterocycles. The molecular weight excluding hydrogens is 304 g/mol. The van der Waals surface area contributed by atoms with Gasteiger partial charge in [0.05, 0.1) is 19.6 Å². The lowest BCUT2D eigenvalue weighted by molar-refractivity contribution is 0.354. The van der Waals surface area contributed by atoms with Crippen molar-refractivity contribution in [2.75, 3.05) is 20.5 Å². The van der Waals surface area contributed by atoms with Crippen molar-refractivity contribution in [2.45, 2.75) is 17.2 Å². The molecule has 21 heavy (non-hydrogen) atoms. The molecule has 112 valence electrons. The van der Waals surface area contributed by atoms with Crippen LogP contribution in [0.1, 0.15) is 22.1 Å². The van der Waals surface area contributed by atoms with Crippen LogP contribution in [0.2, 0.25) is 0 Å². The Morgan fingerprint density at radius 3 is 2.10 bits per heavy atom. The first-order valence-corrected chi connectivity index (χ1v) is 8.27. The van der Waals surface area contributed by atoms with E-state index in [0.29, 0.717) is 5.75 Å². The van der Waals surface area contributed by atoms with E-state index in [1.54, 1.807) is 26.0 Å².